The first kappa shape index (κ1) is 13.3. The SMILES string of the molecule is O=C[C@@H]1[C@H](C/C=C\CCCC(=O)O)[C@H]2CC[C@H]1O2. The van der Waals surface area contributed by atoms with Crippen molar-refractivity contribution in [1.82, 2.24) is 0 Å². The Bertz CT molecular complexity index is 337. The molecule has 2 bridgehead atoms. The lowest BCUT2D eigenvalue weighted by atomic mass is 9.78. The van der Waals surface area contributed by atoms with Crippen molar-refractivity contribution in [1.29, 1.82) is 0 Å². The fraction of sp³-hybridized carbons (Fsp3) is 0.714. The third kappa shape index (κ3) is 2.99. The minimum absolute atomic E-state index is 0.0624. The van der Waals surface area contributed by atoms with Crippen LogP contribution in [0.25, 0.3) is 0 Å². The summed E-state index contributed by atoms with van der Waals surface area (Å²) in [4.78, 5) is 21.4. The molecule has 18 heavy (non-hydrogen) atoms. The van der Waals surface area contributed by atoms with Gasteiger partial charge < -0.3 is 14.6 Å². The number of aliphatic carboxylic acids is 1. The molecule has 2 rings (SSSR count). The normalized spacial score (nSPS) is 34.2. The summed E-state index contributed by atoms with van der Waals surface area (Å²) < 4.78 is 5.76. The number of carbonyl (C=O) groups excluding carboxylic acids is 1. The van der Waals surface area contributed by atoms with Gasteiger partial charge in [0.05, 0.1) is 12.2 Å². The van der Waals surface area contributed by atoms with Gasteiger partial charge in [-0.1, -0.05) is 12.2 Å². The van der Waals surface area contributed by atoms with Gasteiger partial charge in [-0.25, -0.2) is 0 Å². The Kier molecular flexibility index (Phi) is 4.53. The summed E-state index contributed by atoms with van der Waals surface area (Å²) in [6.45, 7) is 0. The van der Waals surface area contributed by atoms with Crippen LogP contribution in [-0.2, 0) is 14.3 Å². The van der Waals surface area contributed by atoms with Gasteiger partial charge in [0, 0.05) is 18.3 Å². The molecule has 4 heteroatoms. The van der Waals surface area contributed by atoms with E-state index in [9.17, 15) is 9.59 Å². The van der Waals surface area contributed by atoms with Gasteiger partial charge in [-0.3, -0.25) is 4.79 Å². The van der Waals surface area contributed by atoms with Crippen LogP contribution in [0.15, 0.2) is 12.2 Å². The molecule has 0 spiro atoms. The minimum atomic E-state index is -0.745. The summed E-state index contributed by atoms with van der Waals surface area (Å²) >= 11 is 0. The molecule has 100 valence electrons. The fourth-order valence-electron chi connectivity index (χ4n) is 3.05. The maximum absolute atomic E-state index is 11.0. The fourth-order valence-corrected chi connectivity index (χ4v) is 3.05. The van der Waals surface area contributed by atoms with Crippen molar-refractivity contribution >= 4 is 12.3 Å². The number of ether oxygens (including phenoxy) is 1. The van der Waals surface area contributed by atoms with E-state index in [0.29, 0.717) is 12.3 Å². The lowest BCUT2D eigenvalue weighted by molar-refractivity contribution is -0.137. The van der Waals surface area contributed by atoms with E-state index in [0.717, 1.165) is 32.0 Å². The van der Waals surface area contributed by atoms with Crippen LogP contribution >= 0.6 is 0 Å². The summed E-state index contributed by atoms with van der Waals surface area (Å²) in [5.41, 5.74) is 0. The second-order valence-electron chi connectivity index (χ2n) is 5.16. The van der Waals surface area contributed by atoms with E-state index >= 15 is 0 Å². The van der Waals surface area contributed by atoms with Crippen LogP contribution in [0.1, 0.15) is 38.5 Å². The Morgan fingerprint density at radius 1 is 1.28 bits per heavy atom. The average molecular weight is 252 g/mol. The molecule has 4 atom stereocenters. The summed E-state index contributed by atoms with van der Waals surface area (Å²) in [7, 11) is 0. The van der Waals surface area contributed by atoms with Gasteiger partial charge >= 0.3 is 5.97 Å². The largest absolute Gasteiger partial charge is 0.481 e. The van der Waals surface area contributed by atoms with Gasteiger partial charge in [0.15, 0.2) is 0 Å². The van der Waals surface area contributed by atoms with Gasteiger partial charge in [0.25, 0.3) is 0 Å². The molecule has 0 radical (unpaired) electrons. The number of carbonyl (C=O) groups is 2. The van der Waals surface area contributed by atoms with Crippen molar-refractivity contribution in [3.8, 4) is 0 Å². The maximum atomic E-state index is 11.0. The molecule has 2 saturated heterocycles. The number of carboxylic acid groups (broad SMARTS) is 1. The number of hydrogen-bond acceptors (Lipinski definition) is 3. The van der Waals surface area contributed by atoms with Crippen molar-refractivity contribution in [3.05, 3.63) is 12.2 Å². The zero-order chi connectivity index (χ0) is 13.0. The predicted molar refractivity (Wildman–Crippen MR) is 66.2 cm³/mol. The summed E-state index contributed by atoms with van der Waals surface area (Å²) in [6, 6.07) is 0. The lowest BCUT2D eigenvalue weighted by Gasteiger charge is -2.22. The van der Waals surface area contributed by atoms with E-state index in [2.05, 4.69) is 6.08 Å². The molecule has 0 saturated carbocycles. The second-order valence-corrected chi connectivity index (χ2v) is 5.16. The smallest absolute Gasteiger partial charge is 0.303 e. The molecular formula is C14H20O4. The molecule has 1 N–H and O–H groups in total. The van der Waals surface area contributed by atoms with Crippen LogP contribution in [0.3, 0.4) is 0 Å². The second kappa shape index (κ2) is 6.14. The number of carboxylic acids is 1. The zero-order valence-electron chi connectivity index (χ0n) is 10.5. The third-order valence-corrected chi connectivity index (χ3v) is 3.98. The number of aldehydes is 1. The molecule has 0 aromatic heterocycles. The molecular weight excluding hydrogens is 232 g/mol. The molecule has 0 aliphatic carbocycles. The molecule has 4 nitrogen and oxygen atoms in total. The Balaban J connectivity index is 1.71. The van der Waals surface area contributed by atoms with Gasteiger partial charge in [-0.15, -0.1) is 0 Å². The quantitative estimate of drug-likeness (QED) is 0.428. The highest BCUT2D eigenvalue weighted by atomic mass is 16.5. The van der Waals surface area contributed by atoms with Crippen LogP contribution in [-0.4, -0.2) is 29.6 Å². The average Bonchev–Trinajstić information content (AvgIpc) is 2.93. The Hall–Kier alpha value is -1.16. The van der Waals surface area contributed by atoms with Crippen molar-refractivity contribution in [2.24, 2.45) is 11.8 Å². The van der Waals surface area contributed by atoms with Crippen LogP contribution in [0.4, 0.5) is 0 Å². The molecule has 0 aromatic carbocycles. The number of hydrogen-bond donors (Lipinski definition) is 1. The van der Waals surface area contributed by atoms with Crippen molar-refractivity contribution in [3.63, 3.8) is 0 Å². The highest BCUT2D eigenvalue weighted by molar-refractivity contribution is 5.66. The Morgan fingerprint density at radius 2 is 2.06 bits per heavy atom. The number of allylic oxidation sites excluding steroid dienone is 2. The molecule has 0 aromatic rings. The van der Waals surface area contributed by atoms with E-state index in [1.165, 1.54) is 0 Å². The van der Waals surface area contributed by atoms with Crippen molar-refractivity contribution in [2.75, 3.05) is 0 Å². The third-order valence-electron chi connectivity index (χ3n) is 3.98. The van der Waals surface area contributed by atoms with Crippen LogP contribution < -0.4 is 0 Å². The standard InChI is InChI=1S/C14H20O4/c15-9-11-10(12-7-8-13(11)18-12)5-3-1-2-4-6-14(16)17/h1,3,9-13H,2,4-8H2,(H,16,17)/b3-1-/t10-,11+,12+,13+/m0/s1. The molecule has 0 amide bonds. The molecule has 2 fully saturated rings. The molecule has 2 aliphatic rings. The maximum Gasteiger partial charge on any atom is 0.303 e. The lowest BCUT2D eigenvalue weighted by Crippen LogP contribution is -2.27. The minimum Gasteiger partial charge on any atom is -0.481 e. The first-order chi connectivity index (χ1) is 8.72. The van der Waals surface area contributed by atoms with E-state index in [-0.39, 0.29) is 24.5 Å². The van der Waals surface area contributed by atoms with Gasteiger partial charge in [0.2, 0.25) is 0 Å². The predicted octanol–water partition coefficient (Wildman–Crippen LogP) is 2.18. The molecule has 2 aliphatic heterocycles. The Morgan fingerprint density at radius 3 is 2.78 bits per heavy atom. The molecule has 0 unspecified atom stereocenters. The van der Waals surface area contributed by atoms with Crippen LogP contribution in [0.2, 0.25) is 0 Å². The first-order valence-corrected chi connectivity index (χ1v) is 6.70. The molecule has 2 heterocycles. The number of rotatable bonds is 7. The first-order valence-electron chi connectivity index (χ1n) is 6.70. The summed E-state index contributed by atoms with van der Waals surface area (Å²) in [5.74, 6) is -0.352. The van der Waals surface area contributed by atoms with E-state index in [4.69, 9.17) is 9.84 Å². The van der Waals surface area contributed by atoms with Gasteiger partial charge in [0.1, 0.15) is 6.29 Å². The van der Waals surface area contributed by atoms with Crippen molar-refractivity contribution < 1.29 is 19.4 Å². The van der Waals surface area contributed by atoms with Gasteiger partial charge in [-0.2, -0.15) is 0 Å². The topological polar surface area (TPSA) is 63.6 Å². The number of fused-ring (bicyclic) bond motifs is 2. The van der Waals surface area contributed by atoms with Crippen LogP contribution in [0.5, 0.6) is 0 Å². The van der Waals surface area contributed by atoms with Crippen LogP contribution in [0, 0.1) is 11.8 Å². The van der Waals surface area contributed by atoms with Crippen molar-refractivity contribution in [2.45, 2.75) is 50.7 Å². The van der Waals surface area contributed by atoms with Gasteiger partial charge in [-0.05, 0) is 32.1 Å². The summed E-state index contributed by atoms with van der Waals surface area (Å²) in [6.07, 6.45) is 10.2. The Labute approximate surface area is 107 Å². The summed E-state index contributed by atoms with van der Waals surface area (Å²) in [5, 5.41) is 8.50. The van der Waals surface area contributed by atoms with E-state index in [1.54, 1.807) is 0 Å². The zero-order valence-corrected chi connectivity index (χ0v) is 10.5. The van der Waals surface area contributed by atoms with E-state index < -0.39 is 5.97 Å². The number of unbranched alkanes of at least 4 members (excludes halogenated alkanes) is 1. The highest BCUT2D eigenvalue weighted by Crippen LogP contribution is 2.44. The highest BCUT2D eigenvalue weighted by Gasteiger charge is 2.47. The van der Waals surface area contributed by atoms with E-state index in [1.807, 2.05) is 6.08 Å². The monoisotopic (exact) mass is 252 g/mol.